The van der Waals surface area contributed by atoms with E-state index in [2.05, 4.69) is 10.3 Å². The lowest BCUT2D eigenvalue weighted by Gasteiger charge is -2.11. The number of carbonyl (C=O) groups excluding carboxylic acids is 2. The Hall–Kier alpha value is -3.19. The van der Waals surface area contributed by atoms with Gasteiger partial charge in [0.1, 0.15) is 10.8 Å². The van der Waals surface area contributed by atoms with Gasteiger partial charge in [0.2, 0.25) is 0 Å². The minimum atomic E-state index is -0.638. The fourth-order valence-corrected chi connectivity index (χ4v) is 3.30. The molecule has 0 saturated carbocycles. The van der Waals surface area contributed by atoms with Gasteiger partial charge < -0.3 is 14.8 Å². The molecule has 0 atom stereocenters. The van der Waals surface area contributed by atoms with Crippen molar-refractivity contribution in [3.8, 4) is 16.3 Å². The van der Waals surface area contributed by atoms with E-state index < -0.39 is 18.5 Å². The standard InChI is InChI=1S/C21H20N2O4S/c1-13-4-7-15(8-5-13)20-23-17(12-28-20)21(25)27-11-19(24)22-16-10-14(2)6-9-18(16)26-3/h4-10,12H,11H2,1-3H3,(H,22,24). The summed E-state index contributed by atoms with van der Waals surface area (Å²) in [5.74, 6) is -0.556. The Balaban J connectivity index is 1.59. The molecular formula is C21H20N2O4S. The number of hydrogen-bond acceptors (Lipinski definition) is 6. The smallest absolute Gasteiger partial charge is 0.358 e. The number of amides is 1. The minimum Gasteiger partial charge on any atom is -0.495 e. The molecule has 3 aromatic rings. The number of anilines is 1. The molecule has 0 aliphatic carbocycles. The van der Waals surface area contributed by atoms with E-state index in [0.29, 0.717) is 11.4 Å². The lowest BCUT2D eigenvalue weighted by molar-refractivity contribution is -0.119. The number of hydrogen-bond donors (Lipinski definition) is 1. The number of ether oxygens (including phenoxy) is 2. The SMILES string of the molecule is COc1ccc(C)cc1NC(=O)COC(=O)c1csc(-c2ccc(C)cc2)n1. The van der Waals surface area contributed by atoms with E-state index in [0.717, 1.165) is 21.7 Å². The molecule has 0 unspecified atom stereocenters. The van der Waals surface area contributed by atoms with Gasteiger partial charge in [-0.1, -0.05) is 35.9 Å². The molecule has 1 aromatic heterocycles. The zero-order valence-electron chi connectivity index (χ0n) is 15.8. The molecule has 0 aliphatic heterocycles. The molecule has 0 fully saturated rings. The molecule has 0 bridgehead atoms. The maximum Gasteiger partial charge on any atom is 0.358 e. The summed E-state index contributed by atoms with van der Waals surface area (Å²) >= 11 is 1.35. The fraction of sp³-hybridized carbons (Fsp3) is 0.190. The van der Waals surface area contributed by atoms with E-state index in [1.54, 1.807) is 17.5 Å². The zero-order chi connectivity index (χ0) is 20.1. The first-order chi connectivity index (χ1) is 13.5. The molecule has 1 heterocycles. The van der Waals surface area contributed by atoms with E-state index in [-0.39, 0.29) is 5.69 Å². The molecule has 0 spiro atoms. The predicted octanol–water partition coefficient (Wildman–Crippen LogP) is 4.23. The molecule has 7 heteroatoms. The van der Waals surface area contributed by atoms with Crippen LogP contribution in [0.25, 0.3) is 10.6 Å². The van der Waals surface area contributed by atoms with Gasteiger partial charge in [-0.05, 0) is 31.5 Å². The van der Waals surface area contributed by atoms with Crippen LogP contribution in [0.4, 0.5) is 5.69 Å². The summed E-state index contributed by atoms with van der Waals surface area (Å²) < 4.78 is 10.3. The van der Waals surface area contributed by atoms with Crippen LogP contribution in [0.3, 0.4) is 0 Å². The number of thiazole rings is 1. The lowest BCUT2D eigenvalue weighted by Crippen LogP contribution is -2.21. The quantitative estimate of drug-likeness (QED) is 0.631. The Kier molecular flexibility index (Phi) is 6.06. The van der Waals surface area contributed by atoms with Crippen molar-refractivity contribution >= 4 is 28.9 Å². The first kappa shape index (κ1) is 19.6. The van der Waals surface area contributed by atoms with Crippen molar-refractivity contribution in [3.05, 3.63) is 64.7 Å². The van der Waals surface area contributed by atoms with Crippen molar-refractivity contribution in [2.24, 2.45) is 0 Å². The Morgan fingerprint density at radius 2 is 1.79 bits per heavy atom. The molecule has 1 N–H and O–H groups in total. The summed E-state index contributed by atoms with van der Waals surface area (Å²) in [5, 5.41) is 5.03. The highest BCUT2D eigenvalue weighted by Crippen LogP contribution is 2.26. The Bertz CT molecular complexity index is 996. The van der Waals surface area contributed by atoms with E-state index >= 15 is 0 Å². The number of carbonyl (C=O) groups is 2. The van der Waals surface area contributed by atoms with Gasteiger partial charge in [0.05, 0.1) is 12.8 Å². The molecule has 2 aromatic carbocycles. The van der Waals surface area contributed by atoms with Gasteiger partial charge in [-0.2, -0.15) is 0 Å². The summed E-state index contributed by atoms with van der Waals surface area (Å²) in [6.45, 7) is 3.50. The first-order valence-electron chi connectivity index (χ1n) is 8.60. The molecule has 28 heavy (non-hydrogen) atoms. The van der Waals surface area contributed by atoms with Gasteiger partial charge in [-0.25, -0.2) is 9.78 Å². The van der Waals surface area contributed by atoms with Gasteiger partial charge in [0.15, 0.2) is 12.3 Å². The number of nitrogens with one attached hydrogen (secondary N) is 1. The number of methoxy groups -OCH3 is 1. The lowest BCUT2D eigenvalue weighted by atomic mass is 10.2. The monoisotopic (exact) mass is 396 g/mol. The highest BCUT2D eigenvalue weighted by Gasteiger charge is 2.16. The van der Waals surface area contributed by atoms with Crippen molar-refractivity contribution in [1.82, 2.24) is 4.98 Å². The van der Waals surface area contributed by atoms with E-state index in [1.165, 1.54) is 18.4 Å². The number of aromatic nitrogens is 1. The van der Waals surface area contributed by atoms with Crippen LogP contribution in [0, 0.1) is 13.8 Å². The van der Waals surface area contributed by atoms with Crippen LogP contribution in [0.2, 0.25) is 0 Å². The second kappa shape index (κ2) is 8.67. The van der Waals surface area contributed by atoms with Crippen LogP contribution in [-0.4, -0.2) is 30.6 Å². The topological polar surface area (TPSA) is 77.5 Å². The summed E-state index contributed by atoms with van der Waals surface area (Å²) in [6, 6.07) is 13.3. The molecular weight excluding hydrogens is 376 g/mol. The summed E-state index contributed by atoms with van der Waals surface area (Å²) in [5.41, 5.74) is 3.76. The summed E-state index contributed by atoms with van der Waals surface area (Å²) in [7, 11) is 1.52. The van der Waals surface area contributed by atoms with Gasteiger partial charge in [-0.15, -0.1) is 11.3 Å². The predicted molar refractivity (Wildman–Crippen MR) is 109 cm³/mol. The number of nitrogens with zero attached hydrogens (tertiary/aromatic N) is 1. The van der Waals surface area contributed by atoms with Crippen LogP contribution < -0.4 is 10.1 Å². The number of benzene rings is 2. The molecule has 144 valence electrons. The third-order valence-corrected chi connectivity index (χ3v) is 4.87. The number of rotatable bonds is 6. The third-order valence-electron chi connectivity index (χ3n) is 3.98. The highest BCUT2D eigenvalue weighted by atomic mass is 32.1. The molecule has 6 nitrogen and oxygen atoms in total. The Morgan fingerprint density at radius 1 is 1.07 bits per heavy atom. The van der Waals surface area contributed by atoms with Crippen molar-refractivity contribution in [3.63, 3.8) is 0 Å². The van der Waals surface area contributed by atoms with Crippen LogP contribution >= 0.6 is 11.3 Å². The Labute approximate surface area is 167 Å². The van der Waals surface area contributed by atoms with Crippen LogP contribution in [0.5, 0.6) is 5.75 Å². The van der Waals surface area contributed by atoms with Gasteiger partial charge in [0, 0.05) is 10.9 Å². The molecule has 0 aliphatic rings. The Morgan fingerprint density at radius 3 is 2.50 bits per heavy atom. The van der Waals surface area contributed by atoms with Crippen molar-refractivity contribution in [1.29, 1.82) is 0 Å². The maximum absolute atomic E-state index is 12.2. The maximum atomic E-state index is 12.2. The summed E-state index contributed by atoms with van der Waals surface area (Å²) in [6.07, 6.45) is 0. The molecule has 1 amide bonds. The van der Waals surface area contributed by atoms with Crippen LogP contribution in [-0.2, 0) is 9.53 Å². The zero-order valence-corrected chi connectivity index (χ0v) is 16.6. The molecule has 0 radical (unpaired) electrons. The van der Waals surface area contributed by atoms with E-state index in [1.807, 2.05) is 44.2 Å². The largest absolute Gasteiger partial charge is 0.495 e. The minimum absolute atomic E-state index is 0.182. The van der Waals surface area contributed by atoms with E-state index in [9.17, 15) is 9.59 Å². The van der Waals surface area contributed by atoms with Gasteiger partial charge >= 0.3 is 5.97 Å². The van der Waals surface area contributed by atoms with Crippen molar-refractivity contribution in [2.45, 2.75) is 13.8 Å². The van der Waals surface area contributed by atoms with Crippen LogP contribution in [0.15, 0.2) is 47.8 Å². The average molecular weight is 396 g/mol. The van der Waals surface area contributed by atoms with Crippen molar-refractivity contribution in [2.75, 3.05) is 19.0 Å². The molecule has 0 saturated heterocycles. The van der Waals surface area contributed by atoms with E-state index in [4.69, 9.17) is 9.47 Å². The normalized spacial score (nSPS) is 10.4. The first-order valence-corrected chi connectivity index (χ1v) is 9.48. The van der Waals surface area contributed by atoms with Gasteiger partial charge in [-0.3, -0.25) is 4.79 Å². The highest BCUT2D eigenvalue weighted by molar-refractivity contribution is 7.13. The van der Waals surface area contributed by atoms with Crippen LogP contribution in [0.1, 0.15) is 21.6 Å². The van der Waals surface area contributed by atoms with Crippen molar-refractivity contribution < 1.29 is 19.1 Å². The second-order valence-corrected chi connectivity index (χ2v) is 7.09. The van der Waals surface area contributed by atoms with Gasteiger partial charge in [0.25, 0.3) is 5.91 Å². The number of aryl methyl sites for hydroxylation is 2. The second-order valence-electron chi connectivity index (χ2n) is 6.23. The molecule has 3 rings (SSSR count). The fourth-order valence-electron chi connectivity index (χ4n) is 2.51. The number of esters is 1. The summed E-state index contributed by atoms with van der Waals surface area (Å²) in [4.78, 5) is 28.6. The average Bonchev–Trinajstić information content (AvgIpc) is 3.17. The third kappa shape index (κ3) is 4.75.